The van der Waals surface area contributed by atoms with E-state index in [1.807, 2.05) is 58.9 Å². The van der Waals surface area contributed by atoms with E-state index in [0.29, 0.717) is 22.7 Å². The third-order valence-electron chi connectivity index (χ3n) is 5.54. The molecule has 0 fully saturated rings. The summed E-state index contributed by atoms with van der Waals surface area (Å²) in [7, 11) is -3.82. The SMILES string of the molecule is CC[C@@H](C(=O)NC(C)(C)C)N(Cc1ccc(C)cc1)C(=O)CN(c1cccc(Cl)c1C)S(C)(=O)=O. The Bertz CT molecular complexity index is 1160. The molecular weight excluding hydrogens is 486 g/mol. The molecule has 0 bridgehead atoms. The van der Waals surface area contributed by atoms with Gasteiger partial charge in [-0.05, 0) is 64.3 Å². The number of amides is 2. The molecule has 9 heteroatoms. The zero-order valence-electron chi connectivity index (χ0n) is 21.6. The summed E-state index contributed by atoms with van der Waals surface area (Å²) >= 11 is 6.23. The highest BCUT2D eigenvalue weighted by molar-refractivity contribution is 7.92. The van der Waals surface area contributed by atoms with Crippen molar-refractivity contribution in [2.45, 2.75) is 66.1 Å². The number of sulfonamides is 1. The van der Waals surface area contributed by atoms with Crippen LogP contribution in [0.4, 0.5) is 5.69 Å². The van der Waals surface area contributed by atoms with Gasteiger partial charge in [0.2, 0.25) is 21.8 Å². The quantitative estimate of drug-likeness (QED) is 0.528. The van der Waals surface area contributed by atoms with E-state index >= 15 is 0 Å². The van der Waals surface area contributed by atoms with Gasteiger partial charge in [-0.25, -0.2) is 8.42 Å². The third-order valence-corrected chi connectivity index (χ3v) is 7.08. The van der Waals surface area contributed by atoms with Crippen molar-refractivity contribution < 1.29 is 18.0 Å². The highest BCUT2D eigenvalue weighted by atomic mass is 35.5. The van der Waals surface area contributed by atoms with Crippen molar-refractivity contribution >= 4 is 39.1 Å². The van der Waals surface area contributed by atoms with Crippen LogP contribution < -0.4 is 9.62 Å². The fourth-order valence-electron chi connectivity index (χ4n) is 3.72. The summed E-state index contributed by atoms with van der Waals surface area (Å²) in [4.78, 5) is 28.4. The lowest BCUT2D eigenvalue weighted by Crippen LogP contribution is -2.55. The summed E-state index contributed by atoms with van der Waals surface area (Å²) in [5.74, 6) is -0.767. The van der Waals surface area contributed by atoms with Gasteiger partial charge < -0.3 is 10.2 Å². The van der Waals surface area contributed by atoms with Crippen molar-refractivity contribution in [3.05, 3.63) is 64.2 Å². The van der Waals surface area contributed by atoms with Crippen LogP contribution in [0.15, 0.2) is 42.5 Å². The Hall–Kier alpha value is -2.58. The Morgan fingerprint density at radius 1 is 1.06 bits per heavy atom. The van der Waals surface area contributed by atoms with Crippen molar-refractivity contribution in [2.75, 3.05) is 17.1 Å². The van der Waals surface area contributed by atoms with Gasteiger partial charge in [-0.2, -0.15) is 0 Å². The highest BCUT2D eigenvalue weighted by Crippen LogP contribution is 2.28. The van der Waals surface area contributed by atoms with E-state index in [0.717, 1.165) is 21.7 Å². The van der Waals surface area contributed by atoms with E-state index in [1.165, 1.54) is 4.90 Å². The maximum atomic E-state index is 13.7. The van der Waals surface area contributed by atoms with E-state index in [4.69, 9.17) is 11.6 Å². The molecule has 0 aromatic heterocycles. The first-order valence-corrected chi connectivity index (χ1v) is 13.8. The summed E-state index contributed by atoms with van der Waals surface area (Å²) < 4.78 is 26.5. The van der Waals surface area contributed by atoms with E-state index in [9.17, 15) is 18.0 Å². The molecule has 192 valence electrons. The molecule has 0 heterocycles. The number of halogens is 1. The molecule has 2 rings (SSSR count). The van der Waals surface area contributed by atoms with Gasteiger partial charge in [0, 0.05) is 17.1 Å². The molecule has 0 aliphatic carbocycles. The normalized spacial score (nSPS) is 12.7. The van der Waals surface area contributed by atoms with Crippen LogP contribution in [0, 0.1) is 13.8 Å². The number of nitrogens with zero attached hydrogens (tertiary/aromatic N) is 2. The summed E-state index contributed by atoms with van der Waals surface area (Å²) in [6.45, 7) is 10.8. The number of aryl methyl sites for hydroxylation is 1. The van der Waals surface area contributed by atoms with Crippen molar-refractivity contribution in [3.8, 4) is 0 Å². The summed E-state index contributed by atoms with van der Waals surface area (Å²) in [6, 6.07) is 11.8. The van der Waals surface area contributed by atoms with Crippen LogP contribution in [0.1, 0.15) is 50.8 Å². The molecular formula is C26H36ClN3O4S. The summed E-state index contributed by atoms with van der Waals surface area (Å²) in [6.07, 6.45) is 1.42. The van der Waals surface area contributed by atoms with Crippen molar-refractivity contribution in [2.24, 2.45) is 0 Å². The Morgan fingerprint density at radius 3 is 2.17 bits per heavy atom. The highest BCUT2D eigenvalue weighted by Gasteiger charge is 2.33. The van der Waals surface area contributed by atoms with E-state index < -0.39 is 34.1 Å². The second kappa shape index (κ2) is 11.4. The van der Waals surface area contributed by atoms with Gasteiger partial charge in [-0.3, -0.25) is 13.9 Å². The summed E-state index contributed by atoms with van der Waals surface area (Å²) in [5.41, 5.74) is 2.31. The van der Waals surface area contributed by atoms with Crippen molar-refractivity contribution in [1.29, 1.82) is 0 Å². The number of benzene rings is 2. The van der Waals surface area contributed by atoms with Gasteiger partial charge in [0.05, 0.1) is 11.9 Å². The lowest BCUT2D eigenvalue weighted by Gasteiger charge is -2.34. The minimum Gasteiger partial charge on any atom is -0.350 e. The van der Waals surface area contributed by atoms with Crippen LogP contribution >= 0.6 is 11.6 Å². The lowest BCUT2D eigenvalue weighted by molar-refractivity contribution is -0.141. The molecule has 0 saturated heterocycles. The second-order valence-electron chi connectivity index (χ2n) is 9.82. The van der Waals surface area contributed by atoms with Gasteiger partial charge in [-0.15, -0.1) is 0 Å². The average Bonchev–Trinajstić information content (AvgIpc) is 2.73. The van der Waals surface area contributed by atoms with E-state index in [1.54, 1.807) is 25.1 Å². The van der Waals surface area contributed by atoms with Crippen LogP contribution in [-0.2, 0) is 26.2 Å². The van der Waals surface area contributed by atoms with Crippen molar-refractivity contribution in [1.82, 2.24) is 10.2 Å². The number of rotatable bonds is 9. The molecule has 1 N–H and O–H groups in total. The molecule has 1 atom stereocenters. The zero-order chi connectivity index (χ0) is 26.6. The maximum Gasteiger partial charge on any atom is 0.244 e. The van der Waals surface area contributed by atoms with Crippen LogP contribution in [0.2, 0.25) is 5.02 Å². The molecule has 0 spiro atoms. The Balaban J connectivity index is 2.49. The van der Waals surface area contributed by atoms with Crippen LogP contribution in [0.25, 0.3) is 0 Å². The van der Waals surface area contributed by atoms with Gasteiger partial charge in [0.25, 0.3) is 0 Å². The standard InChI is InChI=1S/C26H36ClN3O4S/c1-8-22(25(32)28-26(4,5)6)29(16-20-14-12-18(2)13-15-20)24(31)17-30(35(7,33)34)23-11-9-10-21(27)19(23)3/h9-15,22H,8,16-17H2,1-7H3,(H,28,32)/t22-/m0/s1. The Labute approximate surface area is 214 Å². The molecule has 0 saturated carbocycles. The maximum absolute atomic E-state index is 13.7. The van der Waals surface area contributed by atoms with Crippen LogP contribution in [0.3, 0.4) is 0 Å². The number of hydrogen-bond acceptors (Lipinski definition) is 4. The first-order chi connectivity index (χ1) is 16.1. The fourth-order valence-corrected chi connectivity index (χ4v) is 4.79. The van der Waals surface area contributed by atoms with E-state index in [2.05, 4.69) is 5.32 Å². The fraction of sp³-hybridized carbons (Fsp3) is 0.462. The van der Waals surface area contributed by atoms with Crippen LogP contribution in [-0.4, -0.2) is 49.5 Å². The van der Waals surface area contributed by atoms with Gasteiger partial charge >= 0.3 is 0 Å². The number of anilines is 1. The molecule has 2 aromatic carbocycles. The molecule has 2 amide bonds. The molecule has 0 radical (unpaired) electrons. The Kier molecular flexibility index (Phi) is 9.36. The topological polar surface area (TPSA) is 86.8 Å². The third kappa shape index (κ3) is 7.97. The van der Waals surface area contributed by atoms with Gasteiger partial charge in [-0.1, -0.05) is 54.4 Å². The monoisotopic (exact) mass is 521 g/mol. The first kappa shape index (κ1) is 28.7. The second-order valence-corrected chi connectivity index (χ2v) is 12.1. The number of nitrogens with one attached hydrogen (secondary N) is 1. The Morgan fingerprint density at radius 2 is 1.66 bits per heavy atom. The average molecular weight is 522 g/mol. The number of hydrogen-bond donors (Lipinski definition) is 1. The van der Waals surface area contributed by atoms with Crippen molar-refractivity contribution in [3.63, 3.8) is 0 Å². The molecule has 0 aliphatic rings. The summed E-state index contributed by atoms with van der Waals surface area (Å²) in [5, 5.41) is 3.35. The van der Waals surface area contributed by atoms with Gasteiger partial charge in [0.15, 0.2) is 0 Å². The minimum absolute atomic E-state index is 0.168. The largest absolute Gasteiger partial charge is 0.350 e. The van der Waals surface area contributed by atoms with Crippen LogP contribution in [0.5, 0.6) is 0 Å². The molecule has 0 aliphatic heterocycles. The first-order valence-electron chi connectivity index (χ1n) is 11.5. The predicted octanol–water partition coefficient (Wildman–Crippen LogP) is 4.44. The number of carbonyl (C=O) groups is 2. The molecule has 0 unspecified atom stereocenters. The molecule has 7 nitrogen and oxygen atoms in total. The van der Waals surface area contributed by atoms with E-state index in [-0.39, 0.29) is 12.5 Å². The number of carbonyl (C=O) groups excluding carboxylic acids is 2. The predicted molar refractivity (Wildman–Crippen MR) is 142 cm³/mol. The zero-order valence-corrected chi connectivity index (χ0v) is 23.1. The minimum atomic E-state index is -3.82. The molecule has 35 heavy (non-hydrogen) atoms. The molecule has 2 aromatic rings. The van der Waals surface area contributed by atoms with Gasteiger partial charge in [0.1, 0.15) is 12.6 Å². The lowest BCUT2D eigenvalue weighted by atomic mass is 10.1. The smallest absolute Gasteiger partial charge is 0.244 e.